The molecule has 37 heavy (non-hydrogen) atoms. The highest BCUT2D eigenvalue weighted by Gasteiger charge is 2.24. The number of anilines is 2. The summed E-state index contributed by atoms with van der Waals surface area (Å²) in [6, 6.07) is 17.9. The number of amides is 1. The lowest BCUT2D eigenvalue weighted by Gasteiger charge is -2.36. The van der Waals surface area contributed by atoms with Crippen molar-refractivity contribution in [3.8, 4) is 0 Å². The summed E-state index contributed by atoms with van der Waals surface area (Å²) in [5, 5.41) is 16.1. The molecule has 3 aromatic carbocycles. The molecular formula is C26H21Cl3N4O3S. The van der Waals surface area contributed by atoms with E-state index in [1.807, 2.05) is 30.3 Å². The molecule has 1 amide bonds. The molecule has 0 aliphatic carbocycles. The second-order valence-corrected chi connectivity index (χ2v) is 10.8. The molecule has 7 nitrogen and oxygen atoms in total. The van der Waals surface area contributed by atoms with Crippen LogP contribution in [0.1, 0.15) is 15.2 Å². The number of nitro groups is 1. The third kappa shape index (κ3) is 5.39. The maximum absolute atomic E-state index is 13.0. The molecule has 4 aromatic rings. The van der Waals surface area contributed by atoms with Crippen LogP contribution in [0, 0.1) is 10.1 Å². The molecule has 1 aliphatic rings. The molecule has 1 fully saturated rings. The first kappa shape index (κ1) is 25.8. The van der Waals surface area contributed by atoms with E-state index >= 15 is 0 Å². The van der Waals surface area contributed by atoms with E-state index in [4.69, 9.17) is 34.8 Å². The molecule has 1 saturated heterocycles. The van der Waals surface area contributed by atoms with Crippen molar-refractivity contribution in [2.45, 2.75) is 6.54 Å². The molecule has 0 saturated carbocycles. The average molecular weight is 576 g/mol. The van der Waals surface area contributed by atoms with Crippen molar-refractivity contribution < 1.29 is 9.72 Å². The monoisotopic (exact) mass is 574 g/mol. The molecule has 0 spiro atoms. The van der Waals surface area contributed by atoms with Gasteiger partial charge >= 0.3 is 0 Å². The SMILES string of the molecule is O=C(Nc1ccc(N2CCN(Cc3ccccc3Cl)CC2)c(Cl)c1)c1sc2c([N+](=O)[O-])cccc2c1Cl. The number of nitrogens with one attached hydrogen (secondary N) is 1. The van der Waals surface area contributed by atoms with Gasteiger partial charge in [0.25, 0.3) is 11.6 Å². The van der Waals surface area contributed by atoms with Crippen LogP contribution in [-0.2, 0) is 6.54 Å². The number of non-ortho nitro benzene ring substituents is 1. The smallest absolute Gasteiger partial charge is 0.287 e. The molecule has 11 heteroatoms. The van der Waals surface area contributed by atoms with Crippen LogP contribution in [0.4, 0.5) is 17.1 Å². The summed E-state index contributed by atoms with van der Waals surface area (Å²) in [5.74, 6) is -0.447. The summed E-state index contributed by atoms with van der Waals surface area (Å²) in [5.41, 5.74) is 2.44. The summed E-state index contributed by atoms with van der Waals surface area (Å²) in [4.78, 5) is 28.6. The number of hydrogen-bond acceptors (Lipinski definition) is 6. The topological polar surface area (TPSA) is 78.7 Å². The van der Waals surface area contributed by atoms with Gasteiger partial charge in [0.05, 0.1) is 20.7 Å². The van der Waals surface area contributed by atoms with E-state index in [1.54, 1.807) is 24.3 Å². The van der Waals surface area contributed by atoms with Crippen molar-refractivity contribution >= 4 is 79.2 Å². The number of piperazine rings is 1. The minimum atomic E-state index is -0.480. The highest BCUT2D eigenvalue weighted by molar-refractivity contribution is 7.22. The van der Waals surface area contributed by atoms with Gasteiger partial charge < -0.3 is 10.2 Å². The van der Waals surface area contributed by atoms with E-state index in [1.165, 1.54) is 6.07 Å². The molecule has 0 bridgehead atoms. The van der Waals surface area contributed by atoms with E-state index in [-0.39, 0.29) is 15.6 Å². The highest BCUT2D eigenvalue weighted by atomic mass is 35.5. The molecule has 1 N–H and O–H groups in total. The van der Waals surface area contributed by atoms with Gasteiger partial charge in [-0.25, -0.2) is 0 Å². The van der Waals surface area contributed by atoms with E-state index in [0.29, 0.717) is 20.8 Å². The van der Waals surface area contributed by atoms with Crippen LogP contribution >= 0.6 is 46.1 Å². The number of carbonyl (C=O) groups is 1. The summed E-state index contributed by atoms with van der Waals surface area (Å²) in [7, 11) is 0. The molecule has 2 heterocycles. The lowest BCUT2D eigenvalue weighted by atomic mass is 10.2. The number of benzene rings is 3. The van der Waals surface area contributed by atoms with Gasteiger partial charge in [0.1, 0.15) is 9.58 Å². The van der Waals surface area contributed by atoms with Crippen LogP contribution in [0.3, 0.4) is 0 Å². The second-order valence-electron chi connectivity index (χ2n) is 8.63. The molecule has 1 aromatic heterocycles. The Morgan fingerprint density at radius 2 is 1.73 bits per heavy atom. The van der Waals surface area contributed by atoms with Crippen LogP contribution in [0.5, 0.6) is 0 Å². The van der Waals surface area contributed by atoms with Crippen molar-refractivity contribution in [2.75, 3.05) is 36.4 Å². The van der Waals surface area contributed by atoms with Crippen LogP contribution in [0.15, 0.2) is 60.7 Å². The van der Waals surface area contributed by atoms with Gasteiger partial charge in [0.2, 0.25) is 0 Å². The Bertz CT molecular complexity index is 1500. The summed E-state index contributed by atoms with van der Waals surface area (Å²) in [6.07, 6.45) is 0. The number of halogens is 3. The minimum Gasteiger partial charge on any atom is -0.368 e. The fraction of sp³-hybridized carbons (Fsp3) is 0.192. The molecule has 190 valence electrons. The Morgan fingerprint density at radius 1 is 0.973 bits per heavy atom. The lowest BCUT2D eigenvalue weighted by molar-refractivity contribution is -0.382. The van der Waals surface area contributed by atoms with E-state index in [0.717, 1.165) is 60.3 Å². The van der Waals surface area contributed by atoms with Crippen molar-refractivity contribution in [1.82, 2.24) is 4.90 Å². The molecule has 0 atom stereocenters. The Kier molecular flexibility index (Phi) is 7.55. The van der Waals surface area contributed by atoms with Gasteiger partial charge in [-0.2, -0.15) is 0 Å². The summed E-state index contributed by atoms with van der Waals surface area (Å²) in [6.45, 7) is 4.17. The number of hydrogen-bond donors (Lipinski definition) is 1. The predicted molar refractivity (Wildman–Crippen MR) is 152 cm³/mol. The fourth-order valence-corrected chi connectivity index (χ4v) is 6.39. The van der Waals surface area contributed by atoms with E-state index in [2.05, 4.69) is 15.1 Å². The normalized spacial score (nSPS) is 14.2. The van der Waals surface area contributed by atoms with E-state index in [9.17, 15) is 14.9 Å². The van der Waals surface area contributed by atoms with Crippen molar-refractivity contribution in [3.63, 3.8) is 0 Å². The predicted octanol–water partition coefficient (Wildman–Crippen LogP) is 7.34. The van der Waals surface area contributed by atoms with Crippen molar-refractivity contribution in [3.05, 3.63) is 96.3 Å². The zero-order valence-electron chi connectivity index (χ0n) is 19.4. The van der Waals surface area contributed by atoms with Crippen LogP contribution in [0.25, 0.3) is 10.1 Å². The summed E-state index contributed by atoms with van der Waals surface area (Å²) >= 11 is 20.3. The standard InChI is InChI=1S/C26H21Cl3N4O3S/c27-19-6-2-1-4-16(19)15-31-10-12-32(13-11-31)21-9-8-17(14-20(21)28)30-26(34)25-23(29)18-5-3-7-22(33(35)36)24(18)37-25/h1-9,14H,10-13,15H2,(H,30,34). The third-order valence-corrected chi connectivity index (χ3v) is 8.71. The van der Waals surface area contributed by atoms with Gasteiger partial charge in [-0.1, -0.05) is 65.1 Å². The first-order chi connectivity index (χ1) is 17.8. The minimum absolute atomic E-state index is 0.0807. The number of carbonyl (C=O) groups excluding carboxylic acids is 1. The zero-order valence-corrected chi connectivity index (χ0v) is 22.5. The maximum atomic E-state index is 13.0. The maximum Gasteiger partial charge on any atom is 0.287 e. The summed E-state index contributed by atoms with van der Waals surface area (Å²) < 4.78 is 0.365. The third-order valence-electron chi connectivity index (χ3n) is 6.31. The Balaban J connectivity index is 1.26. The lowest BCUT2D eigenvalue weighted by Crippen LogP contribution is -2.46. The van der Waals surface area contributed by atoms with Crippen LogP contribution in [-0.4, -0.2) is 41.9 Å². The first-order valence-electron chi connectivity index (χ1n) is 11.5. The van der Waals surface area contributed by atoms with Gasteiger partial charge in [0.15, 0.2) is 0 Å². The molecule has 0 radical (unpaired) electrons. The van der Waals surface area contributed by atoms with Gasteiger partial charge in [0, 0.05) is 54.9 Å². The zero-order chi connectivity index (χ0) is 26.1. The van der Waals surface area contributed by atoms with Crippen LogP contribution in [0.2, 0.25) is 15.1 Å². The van der Waals surface area contributed by atoms with Gasteiger partial charge in [-0.3, -0.25) is 19.8 Å². The largest absolute Gasteiger partial charge is 0.368 e. The number of nitrogens with zero attached hydrogens (tertiary/aromatic N) is 3. The number of rotatable bonds is 6. The van der Waals surface area contributed by atoms with Gasteiger partial charge in [-0.15, -0.1) is 11.3 Å². The van der Waals surface area contributed by atoms with Crippen molar-refractivity contribution in [2.24, 2.45) is 0 Å². The Labute approximate surface area is 232 Å². The first-order valence-corrected chi connectivity index (χ1v) is 13.4. The van der Waals surface area contributed by atoms with Crippen molar-refractivity contribution in [1.29, 1.82) is 0 Å². The number of thiophene rings is 1. The quantitative estimate of drug-likeness (QED) is 0.192. The Hall–Kier alpha value is -2.88. The Morgan fingerprint density at radius 3 is 2.43 bits per heavy atom. The molecule has 5 rings (SSSR count). The number of fused-ring (bicyclic) bond motifs is 1. The highest BCUT2D eigenvalue weighted by Crippen LogP contribution is 2.40. The van der Waals surface area contributed by atoms with E-state index < -0.39 is 10.8 Å². The van der Waals surface area contributed by atoms with Crippen LogP contribution < -0.4 is 10.2 Å². The molecule has 0 unspecified atom stereocenters. The molecule has 1 aliphatic heterocycles. The van der Waals surface area contributed by atoms with Gasteiger partial charge in [-0.05, 0) is 29.8 Å². The second kappa shape index (κ2) is 10.8. The molecular weight excluding hydrogens is 555 g/mol. The number of nitro benzene ring substituents is 1. The average Bonchev–Trinajstić information content (AvgIpc) is 3.23. The fourth-order valence-electron chi connectivity index (χ4n) is 4.41.